The van der Waals surface area contributed by atoms with Crippen molar-refractivity contribution >= 4 is 28.1 Å². The van der Waals surface area contributed by atoms with Crippen molar-refractivity contribution in [2.75, 3.05) is 32.8 Å². The number of hydrogen-bond donors (Lipinski definition) is 1. The number of aryl methyl sites for hydroxylation is 1. The molecule has 1 amide bonds. The molecule has 3 aromatic rings. The van der Waals surface area contributed by atoms with Crippen LogP contribution in [0.4, 0.5) is 10.8 Å². The second-order valence-electron chi connectivity index (χ2n) is 6.43. The summed E-state index contributed by atoms with van der Waals surface area (Å²) >= 11 is 1.23. The SMILES string of the molecule is COCCOc1cc([N+](=O)[O-])c(C(=O)Nc2nc(-c3ccccc3C)cs2)cc1OC. The average Bonchev–Trinajstić information content (AvgIpc) is 3.21. The Morgan fingerprint density at radius 2 is 1.97 bits per heavy atom. The van der Waals surface area contributed by atoms with Crippen molar-refractivity contribution in [2.45, 2.75) is 6.92 Å². The summed E-state index contributed by atoms with van der Waals surface area (Å²) in [5, 5.41) is 16.4. The maximum absolute atomic E-state index is 12.8. The van der Waals surface area contributed by atoms with Gasteiger partial charge in [0, 0.05) is 24.1 Å². The summed E-state index contributed by atoms with van der Waals surface area (Å²) in [5.41, 5.74) is 2.15. The van der Waals surface area contributed by atoms with E-state index in [0.717, 1.165) is 11.1 Å². The van der Waals surface area contributed by atoms with Crippen molar-refractivity contribution in [1.29, 1.82) is 0 Å². The van der Waals surface area contributed by atoms with E-state index in [1.54, 1.807) is 0 Å². The molecule has 3 rings (SSSR count). The number of carbonyl (C=O) groups is 1. The van der Waals surface area contributed by atoms with Gasteiger partial charge in [0.1, 0.15) is 12.2 Å². The highest BCUT2D eigenvalue weighted by Gasteiger charge is 2.25. The first kappa shape index (κ1) is 22.2. The molecule has 31 heavy (non-hydrogen) atoms. The zero-order valence-corrected chi connectivity index (χ0v) is 18.0. The molecule has 0 aliphatic rings. The third-order valence-corrected chi connectivity index (χ3v) is 5.17. The first-order valence-corrected chi connectivity index (χ1v) is 10.1. The molecule has 0 unspecified atom stereocenters. The fourth-order valence-electron chi connectivity index (χ4n) is 2.87. The van der Waals surface area contributed by atoms with Crippen LogP contribution in [-0.4, -0.2) is 43.2 Å². The van der Waals surface area contributed by atoms with Gasteiger partial charge in [-0.15, -0.1) is 11.3 Å². The largest absolute Gasteiger partial charge is 0.493 e. The lowest BCUT2D eigenvalue weighted by Gasteiger charge is -2.12. The second kappa shape index (κ2) is 10.0. The number of rotatable bonds is 9. The Labute approximate surface area is 182 Å². The quantitative estimate of drug-likeness (QED) is 0.298. The van der Waals surface area contributed by atoms with Gasteiger partial charge in [-0.1, -0.05) is 24.3 Å². The summed E-state index contributed by atoms with van der Waals surface area (Å²) < 4.78 is 15.6. The molecule has 10 heteroatoms. The number of aromatic nitrogens is 1. The van der Waals surface area contributed by atoms with Crippen molar-refractivity contribution in [2.24, 2.45) is 0 Å². The second-order valence-corrected chi connectivity index (χ2v) is 7.28. The molecule has 162 valence electrons. The molecule has 1 heterocycles. The minimum Gasteiger partial charge on any atom is -0.493 e. The number of hydrogen-bond acceptors (Lipinski definition) is 8. The van der Waals surface area contributed by atoms with Gasteiger partial charge in [-0.2, -0.15) is 0 Å². The summed E-state index contributed by atoms with van der Waals surface area (Å²) in [4.78, 5) is 28.2. The maximum Gasteiger partial charge on any atom is 0.286 e. The zero-order chi connectivity index (χ0) is 22.4. The summed E-state index contributed by atoms with van der Waals surface area (Å²) in [6.45, 7) is 2.45. The molecule has 0 bridgehead atoms. The lowest BCUT2D eigenvalue weighted by atomic mass is 10.1. The van der Waals surface area contributed by atoms with Crippen LogP contribution in [0.25, 0.3) is 11.3 Å². The predicted molar refractivity (Wildman–Crippen MR) is 117 cm³/mol. The fraction of sp³-hybridized carbons (Fsp3) is 0.238. The molecule has 9 nitrogen and oxygen atoms in total. The Hall–Kier alpha value is -3.50. The molecule has 0 radical (unpaired) electrons. The van der Waals surface area contributed by atoms with Crippen LogP contribution < -0.4 is 14.8 Å². The van der Waals surface area contributed by atoms with E-state index in [0.29, 0.717) is 17.4 Å². The Balaban J connectivity index is 1.87. The molecule has 0 aliphatic heterocycles. The highest BCUT2D eigenvalue weighted by Crippen LogP contribution is 2.35. The molecule has 0 atom stereocenters. The summed E-state index contributed by atoms with van der Waals surface area (Å²) in [7, 11) is 2.90. The van der Waals surface area contributed by atoms with Gasteiger partial charge < -0.3 is 14.2 Å². The molecular weight excluding hydrogens is 422 g/mol. The van der Waals surface area contributed by atoms with Crippen LogP contribution in [0.3, 0.4) is 0 Å². The number of amides is 1. The standard InChI is InChI=1S/C21H21N3O6S/c1-13-6-4-5-7-14(13)16-12-31-21(22-16)23-20(25)15-10-18(29-3)19(30-9-8-28-2)11-17(15)24(26)27/h4-7,10-12H,8-9H2,1-3H3,(H,22,23,25). The Morgan fingerprint density at radius 3 is 2.65 bits per heavy atom. The van der Waals surface area contributed by atoms with E-state index >= 15 is 0 Å². The third-order valence-electron chi connectivity index (χ3n) is 4.41. The molecule has 2 aromatic carbocycles. The van der Waals surface area contributed by atoms with Crippen molar-refractivity contribution in [3.8, 4) is 22.8 Å². The number of nitrogens with one attached hydrogen (secondary N) is 1. The van der Waals surface area contributed by atoms with E-state index in [4.69, 9.17) is 14.2 Å². The number of nitrogens with zero attached hydrogens (tertiary/aromatic N) is 2. The van der Waals surface area contributed by atoms with Gasteiger partial charge >= 0.3 is 0 Å². The molecule has 0 spiro atoms. The molecule has 1 N–H and O–H groups in total. The summed E-state index contributed by atoms with van der Waals surface area (Å²) in [5.74, 6) is -0.315. The molecule has 0 saturated carbocycles. The number of benzene rings is 2. The zero-order valence-electron chi connectivity index (χ0n) is 17.2. The van der Waals surface area contributed by atoms with Crippen LogP contribution in [0.15, 0.2) is 41.8 Å². The Kier molecular flexibility index (Phi) is 7.16. The van der Waals surface area contributed by atoms with Crippen molar-refractivity contribution in [1.82, 2.24) is 4.98 Å². The number of anilines is 1. The summed E-state index contributed by atoms with van der Waals surface area (Å²) in [6, 6.07) is 10.2. The van der Waals surface area contributed by atoms with Gasteiger partial charge in [0.2, 0.25) is 0 Å². The minimum absolute atomic E-state index is 0.152. The Morgan fingerprint density at radius 1 is 1.19 bits per heavy atom. The van der Waals surface area contributed by atoms with Crippen LogP contribution in [0.5, 0.6) is 11.5 Å². The number of carbonyl (C=O) groups excluding carboxylic acids is 1. The topological polar surface area (TPSA) is 113 Å². The number of methoxy groups -OCH3 is 2. The van der Waals surface area contributed by atoms with Crippen molar-refractivity contribution in [3.05, 3.63) is 63.0 Å². The smallest absolute Gasteiger partial charge is 0.286 e. The van der Waals surface area contributed by atoms with Gasteiger partial charge in [0.15, 0.2) is 16.6 Å². The van der Waals surface area contributed by atoms with E-state index in [1.807, 2.05) is 36.6 Å². The Bertz CT molecular complexity index is 1100. The average molecular weight is 443 g/mol. The fourth-order valence-corrected chi connectivity index (χ4v) is 3.57. The number of nitro groups is 1. The highest BCUT2D eigenvalue weighted by molar-refractivity contribution is 7.14. The predicted octanol–water partition coefficient (Wildman–Crippen LogP) is 4.31. The van der Waals surface area contributed by atoms with Crippen LogP contribution in [0.2, 0.25) is 0 Å². The molecule has 1 aromatic heterocycles. The lowest BCUT2D eigenvalue weighted by molar-refractivity contribution is -0.385. The number of nitro benzene ring substituents is 1. The first-order chi connectivity index (χ1) is 14.9. The molecule has 0 aliphatic carbocycles. The maximum atomic E-state index is 12.8. The van der Waals surface area contributed by atoms with E-state index in [2.05, 4.69) is 10.3 Å². The molecule has 0 saturated heterocycles. The first-order valence-electron chi connectivity index (χ1n) is 9.25. The van der Waals surface area contributed by atoms with Gasteiger partial charge in [0.05, 0.1) is 30.4 Å². The molecular formula is C21H21N3O6S. The van der Waals surface area contributed by atoms with Crippen LogP contribution in [0, 0.1) is 17.0 Å². The normalized spacial score (nSPS) is 10.5. The minimum atomic E-state index is -0.667. The number of ether oxygens (including phenoxy) is 3. The lowest BCUT2D eigenvalue weighted by Crippen LogP contribution is -2.15. The highest BCUT2D eigenvalue weighted by atomic mass is 32.1. The van der Waals surface area contributed by atoms with E-state index in [-0.39, 0.29) is 23.7 Å². The van der Waals surface area contributed by atoms with E-state index in [1.165, 1.54) is 37.7 Å². The van der Waals surface area contributed by atoms with Gasteiger partial charge in [-0.25, -0.2) is 4.98 Å². The van der Waals surface area contributed by atoms with Crippen molar-refractivity contribution in [3.63, 3.8) is 0 Å². The van der Waals surface area contributed by atoms with Crippen LogP contribution >= 0.6 is 11.3 Å². The molecule has 0 fully saturated rings. The monoisotopic (exact) mass is 443 g/mol. The number of thiazole rings is 1. The van der Waals surface area contributed by atoms with E-state index < -0.39 is 16.5 Å². The van der Waals surface area contributed by atoms with Crippen LogP contribution in [-0.2, 0) is 4.74 Å². The third kappa shape index (κ3) is 5.16. The van der Waals surface area contributed by atoms with E-state index in [9.17, 15) is 14.9 Å². The summed E-state index contributed by atoms with van der Waals surface area (Å²) in [6.07, 6.45) is 0. The van der Waals surface area contributed by atoms with Gasteiger partial charge in [-0.05, 0) is 12.5 Å². The van der Waals surface area contributed by atoms with Gasteiger partial charge in [0.25, 0.3) is 11.6 Å². The van der Waals surface area contributed by atoms with Crippen LogP contribution in [0.1, 0.15) is 15.9 Å². The van der Waals surface area contributed by atoms with Crippen molar-refractivity contribution < 1.29 is 23.9 Å². The van der Waals surface area contributed by atoms with Gasteiger partial charge in [-0.3, -0.25) is 20.2 Å².